The second-order valence-electron chi connectivity index (χ2n) is 7.99. The normalized spacial score (nSPS) is 15.2. The summed E-state index contributed by atoms with van der Waals surface area (Å²) in [6, 6.07) is 15.2. The largest absolute Gasteiger partial charge is 0.494 e. The molecule has 0 fully saturated rings. The fourth-order valence-electron chi connectivity index (χ4n) is 3.88. The van der Waals surface area contributed by atoms with Crippen molar-refractivity contribution in [3.8, 4) is 5.75 Å². The SMILES string of the molecule is CCCCCOc1ccc(C2C(C(=O)Nc3ccccc3C)=C(C)Nc3ncnn32)cc1. The minimum atomic E-state index is -0.396. The number of rotatable bonds is 8. The van der Waals surface area contributed by atoms with E-state index in [1.54, 1.807) is 4.68 Å². The van der Waals surface area contributed by atoms with Crippen LogP contribution in [0.4, 0.5) is 11.6 Å². The summed E-state index contributed by atoms with van der Waals surface area (Å²) in [5.41, 5.74) is 4.08. The standard InChI is InChI=1S/C25H29N5O2/c1-4-5-8-15-32-20-13-11-19(12-14-20)23-22(18(3)28-25-26-16-27-30(23)25)24(31)29-21-10-7-6-9-17(21)2/h6-7,9-14,16,23H,4-5,8,15H2,1-3H3,(H,29,31)(H,26,27,28). The third-order valence-electron chi connectivity index (χ3n) is 5.64. The minimum absolute atomic E-state index is 0.171. The maximum atomic E-state index is 13.4. The lowest BCUT2D eigenvalue weighted by Gasteiger charge is -2.29. The Hall–Kier alpha value is -3.61. The van der Waals surface area contributed by atoms with Gasteiger partial charge in [-0.25, -0.2) is 4.68 Å². The molecule has 1 atom stereocenters. The fraction of sp³-hybridized carbons (Fsp3) is 0.320. The van der Waals surface area contributed by atoms with E-state index in [0.717, 1.165) is 47.5 Å². The molecule has 1 unspecified atom stereocenters. The number of anilines is 2. The third-order valence-corrected chi connectivity index (χ3v) is 5.64. The van der Waals surface area contributed by atoms with Crippen LogP contribution in [0, 0.1) is 6.92 Å². The van der Waals surface area contributed by atoms with Gasteiger partial charge in [0.2, 0.25) is 5.95 Å². The maximum absolute atomic E-state index is 13.4. The van der Waals surface area contributed by atoms with Crippen LogP contribution in [0.5, 0.6) is 5.75 Å². The Bertz CT molecular complexity index is 1120. The highest BCUT2D eigenvalue weighted by Crippen LogP contribution is 2.36. The number of allylic oxidation sites excluding steroid dienone is 1. The minimum Gasteiger partial charge on any atom is -0.494 e. The average molecular weight is 432 g/mol. The zero-order valence-corrected chi connectivity index (χ0v) is 18.8. The summed E-state index contributed by atoms with van der Waals surface area (Å²) >= 11 is 0. The molecular formula is C25H29N5O2. The molecule has 0 saturated carbocycles. The lowest BCUT2D eigenvalue weighted by atomic mass is 9.95. The fourth-order valence-corrected chi connectivity index (χ4v) is 3.88. The van der Waals surface area contributed by atoms with Crippen LogP contribution in [0.2, 0.25) is 0 Å². The molecule has 7 nitrogen and oxygen atoms in total. The molecule has 2 aromatic carbocycles. The number of carbonyl (C=O) groups is 1. The van der Waals surface area contributed by atoms with Crippen LogP contribution in [0.25, 0.3) is 0 Å². The quantitative estimate of drug-likeness (QED) is 0.486. The molecule has 0 spiro atoms. The van der Waals surface area contributed by atoms with Gasteiger partial charge >= 0.3 is 0 Å². The molecule has 7 heteroatoms. The Morgan fingerprint density at radius 2 is 1.91 bits per heavy atom. The van der Waals surface area contributed by atoms with Gasteiger partial charge in [-0.2, -0.15) is 10.1 Å². The molecule has 2 N–H and O–H groups in total. The number of carbonyl (C=O) groups excluding carboxylic acids is 1. The van der Waals surface area contributed by atoms with Gasteiger partial charge in [0.05, 0.1) is 12.2 Å². The van der Waals surface area contributed by atoms with Crippen molar-refractivity contribution in [1.29, 1.82) is 0 Å². The zero-order valence-electron chi connectivity index (χ0n) is 18.8. The van der Waals surface area contributed by atoms with Crippen LogP contribution in [-0.4, -0.2) is 27.3 Å². The number of nitrogens with zero attached hydrogens (tertiary/aromatic N) is 3. The van der Waals surface area contributed by atoms with Gasteiger partial charge < -0.3 is 15.4 Å². The van der Waals surface area contributed by atoms with Crippen LogP contribution in [0.1, 0.15) is 50.3 Å². The maximum Gasteiger partial charge on any atom is 0.255 e. The Balaban J connectivity index is 1.62. The van der Waals surface area contributed by atoms with Crippen molar-refractivity contribution in [2.45, 2.75) is 46.1 Å². The number of aryl methyl sites for hydroxylation is 1. The number of benzene rings is 2. The number of aromatic nitrogens is 3. The number of hydrogen-bond donors (Lipinski definition) is 2. The van der Waals surface area contributed by atoms with Crippen molar-refractivity contribution in [2.75, 3.05) is 17.2 Å². The van der Waals surface area contributed by atoms with Gasteiger partial charge in [-0.1, -0.05) is 50.1 Å². The van der Waals surface area contributed by atoms with Crippen molar-refractivity contribution in [3.63, 3.8) is 0 Å². The lowest BCUT2D eigenvalue weighted by Crippen LogP contribution is -2.31. The summed E-state index contributed by atoms with van der Waals surface area (Å²) in [7, 11) is 0. The molecule has 3 aromatic rings. The molecule has 4 rings (SSSR count). The van der Waals surface area contributed by atoms with Crippen molar-refractivity contribution in [2.24, 2.45) is 0 Å². The molecule has 166 valence electrons. The van der Waals surface area contributed by atoms with Crippen LogP contribution < -0.4 is 15.4 Å². The highest BCUT2D eigenvalue weighted by atomic mass is 16.5. The summed E-state index contributed by atoms with van der Waals surface area (Å²) in [6.07, 6.45) is 4.86. The number of fused-ring (bicyclic) bond motifs is 1. The van der Waals surface area contributed by atoms with E-state index in [2.05, 4.69) is 27.6 Å². The van der Waals surface area contributed by atoms with E-state index in [0.29, 0.717) is 18.1 Å². The second kappa shape index (κ2) is 9.68. The van der Waals surface area contributed by atoms with Gasteiger partial charge in [-0.05, 0) is 49.6 Å². The summed E-state index contributed by atoms with van der Waals surface area (Å²) in [6.45, 7) is 6.75. The van der Waals surface area contributed by atoms with Crippen molar-refractivity contribution in [3.05, 3.63) is 77.3 Å². The van der Waals surface area contributed by atoms with Gasteiger partial charge in [0.15, 0.2) is 0 Å². The molecule has 1 aromatic heterocycles. The zero-order chi connectivity index (χ0) is 22.5. The number of nitrogens with one attached hydrogen (secondary N) is 2. The monoisotopic (exact) mass is 431 g/mol. The van der Waals surface area contributed by atoms with Crippen molar-refractivity contribution >= 4 is 17.5 Å². The van der Waals surface area contributed by atoms with E-state index in [1.807, 2.05) is 62.4 Å². The first-order valence-corrected chi connectivity index (χ1v) is 11.1. The predicted octanol–water partition coefficient (Wildman–Crippen LogP) is 5.08. The summed E-state index contributed by atoms with van der Waals surface area (Å²) in [4.78, 5) is 17.7. The Morgan fingerprint density at radius 3 is 2.66 bits per heavy atom. The highest BCUT2D eigenvalue weighted by molar-refractivity contribution is 6.06. The molecule has 0 aliphatic carbocycles. The summed E-state index contributed by atoms with van der Waals surface area (Å²) in [5, 5.41) is 10.7. The molecule has 1 amide bonds. The van der Waals surface area contributed by atoms with E-state index < -0.39 is 6.04 Å². The van der Waals surface area contributed by atoms with Gasteiger partial charge in [-0.3, -0.25) is 4.79 Å². The van der Waals surface area contributed by atoms with E-state index >= 15 is 0 Å². The smallest absolute Gasteiger partial charge is 0.255 e. The second-order valence-corrected chi connectivity index (χ2v) is 7.99. The topological polar surface area (TPSA) is 81.1 Å². The van der Waals surface area contributed by atoms with Gasteiger partial charge in [0.1, 0.15) is 18.1 Å². The Kier molecular flexibility index (Phi) is 6.54. The number of para-hydroxylation sites is 1. The highest BCUT2D eigenvalue weighted by Gasteiger charge is 2.33. The molecule has 0 bridgehead atoms. The third kappa shape index (κ3) is 4.51. The number of unbranched alkanes of at least 4 members (excludes halogenated alkanes) is 2. The number of hydrogen-bond acceptors (Lipinski definition) is 5. The first kappa shape index (κ1) is 21.6. The van der Waals surface area contributed by atoms with E-state index in [9.17, 15) is 4.79 Å². The molecule has 1 aliphatic heterocycles. The van der Waals surface area contributed by atoms with Gasteiger partial charge in [-0.15, -0.1) is 0 Å². The molecule has 32 heavy (non-hydrogen) atoms. The van der Waals surface area contributed by atoms with Crippen molar-refractivity contribution in [1.82, 2.24) is 14.8 Å². The van der Waals surface area contributed by atoms with Crippen LogP contribution in [-0.2, 0) is 4.79 Å². The van der Waals surface area contributed by atoms with E-state index in [-0.39, 0.29) is 5.91 Å². The average Bonchev–Trinajstić information content (AvgIpc) is 3.26. The number of ether oxygens (including phenoxy) is 1. The van der Waals surface area contributed by atoms with Crippen molar-refractivity contribution < 1.29 is 9.53 Å². The lowest BCUT2D eigenvalue weighted by molar-refractivity contribution is -0.113. The van der Waals surface area contributed by atoms with Gasteiger partial charge in [0, 0.05) is 11.4 Å². The number of amides is 1. The van der Waals surface area contributed by atoms with E-state index in [4.69, 9.17) is 4.74 Å². The van der Waals surface area contributed by atoms with Gasteiger partial charge in [0.25, 0.3) is 5.91 Å². The van der Waals surface area contributed by atoms with Crippen LogP contribution in [0.15, 0.2) is 66.1 Å². The molecule has 0 saturated heterocycles. The van der Waals surface area contributed by atoms with E-state index in [1.165, 1.54) is 6.33 Å². The molecular weight excluding hydrogens is 402 g/mol. The Morgan fingerprint density at radius 1 is 1.12 bits per heavy atom. The first-order valence-electron chi connectivity index (χ1n) is 11.1. The first-order chi connectivity index (χ1) is 15.6. The van der Waals surface area contributed by atoms with Crippen LogP contribution in [0.3, 0.4) is 0 Å². The summed E-state index contributed by atoms with van der Waals surface area (Å²) < 4.78 is 7.60. The molecule has 2 heterocycles. The molecule has 1 aliphatic rings. The predicted molar refractivity (Wildman–Crippen MR) is 126 cm³/mol. The Labute approximate surface area is 188 Å². The van der Waals surface area contributed by atoms with Crippen LogP contribution >= 0.6 is 0 Å². The molecule has 0 radical (unpaired) electrons. The summed E-state index contributed by atoms with van der Waals surface area (Å²) in [5.74, 6) is 1.26.